The highest BCUT2D eigenvalue weighted by molar-refractivity contribution is 8.01. The molecule has 0 aromatic carbocycles. The lowest BCUT2D eigenvalue weighted by Gasteiger charge is -2.38. The minimum absolute atomic E-state index is 0.0428. The summed E-state index contributed by atoms with van der Waals surface area (Å²) >= 11 is 1.69. The third kappa shape index (κ3) is 17.4. The van der Waals surface area contributed by atoms with Gasteiger partial charge in [-0.1, -0.05) is 55.4 Å². The van der Waals surface area contributed by atoms with Gasteiger partial charge < -0.3 is 24.3 Å². The number of amides is 1. The second-order valence-electron chi connectivity index (χ2n) is 10.2. The predicted molar refractivity (Wildman–Crippen MR) is 126 cm³/mol. The molecule has 0 atom stereocenters. The summed E-state index contributed by atoms with van der Waals surface area (Å²) in [5.74, 6) is 0.520. The SMILES string of the molecule is CC(C)(C)CCOCCOCCOCCOCCNC(=O)CSC(C)(C)C(C)(C)C. The Morgan fingerprint density at radius 2 is 1.13 bits per heavy atom. The van der Waals surface area contributed by atoms with Crippen LogP contribution in [-0.4, -0.2) is 75.8 Å². The topological polar surface area (TPSA) is 66.0 Å². The van der Waals surface area contributed by atoms with Crippen molar-refractivity contribution in [2.75, 3.05) is 65.2 Å². The first-order valence-corrected chi connectivity index (χ1v) is 12.1. The standard InChI is InChI=1S/C23H47NO5S/c1-21(2,3)9-11-26-13-15-28-17-18-29-16-14-27-12-10-24-20(25)19-30-23(7,8)22(4,5)6/h9-19H2,1-8H3,(H,24,25). The highest BCUT2D eigenvalue weighted by Crippen LogP contribution is 2.40. The third-order valence-corrected chi connectivity index (χ3v) is 6.79. The maximum absolute atomic E-state index is 11.9. The zero-order valence-electron chi connectivity index (χ0n) is 20.7. The van der Waals surface area contributed by atoms with E-state index in [1.165, 1.54) is 0 Å². The Morgan fingerprint density at radius 1 is 0.700 bits per heavy atom. The second-order valence-corrected chi connectivity index (χ2v) is 11.8. The first-order valence-electron chi connectivity index (χ1n) is 11.1. The summed E-state index contributed by atoms with van der Waals surface area (Å²) in [4.78, 5) is 11.9. The Balaban J connectivity index is 3.38. The highest BCUT2D eigenvalue weighted by atomic mass is 32.2. The summed E-state index contributed by atoms with van der Waals surface area (Å²) < 4.78 is 22.0. The molecule has 0 saturated heterocycles. The largest absolute Gasteiger partial charge is 0.379 e. The van der Waals surface area contributed by atoms with Crippen molar-refractivity contribution in [3.63, 3.8) is 0 Å². The van der Waals surface area contributed by atoms with Crippen LogP contribution in [0.1, 0.15) is 61.8 Å². The van der Waals surface area contributed by atoms with Crippen LogP contribution in [0.15, 0.2) is 0 Å². The molecule has 7 heteroatoms. The minimum atomic E-state index is 0.0428. The van der Waals surface area contributed by atoms with Crippen molar-refractivity contribution in [2.45, 2.75) is 66.6 Å². The Morgan fingerprint density at radius 3 is 1.57 bits per heavy atom. The Bertz CT molecular complexity index is 444. The molecule has 0 fully saturated rings. The summed E-state index contributed by atoms with van der Waals surface area (Å²) in [5, 5.41) is 2.90. The van der Waals surface area contributed by atoms with Gasteiger partial charge in [-0.2, -0.15) is 0 Å². The van der Waals surface area contributed by atoms with Crippen molar-refractivity contribution in [3.8, 4) is 0 Å². The van der Waals surface area contributed by atoms with E-state index in [2.05, 4.69) is 60.7 Å². The maximum atomic E-state index is 11.9. The van der Waals surface area contributed by atoms with Gasteiger partial charge in [0.15, 0.2) is 0 Å². The van der Waals surface area contributed by atoms with Gasteiger partial charge >= 0.3 is 0 Å². The van der Waals surface area contributed by atoms with Crippen LogP contribution >= 0.6 is 11.8 Å². The quantitative estimate of drug-likeness (QED) is 0.336. The van der Waals surface area contributed by atoms with Crippen molar-refractivity contribution < 1.29 is 23.7 Å². The van der Waals surface area contributed by atoms with Crippen molar-refractivity contribution in [1.29, 1.82) is 0 Å². The maximum Gasteiger partial charge on any atom is 0.230 e. The molecule has 0 spiro atoms. The van der Waals surface area contributed by atoms with Gasteiger partial charge in [0, 0.05) is 17.9 Å². The predicted octanol–water partition coefficient (Wildman–Crippen LogP) is 4.16. The molecule has 0 bridgehead atoms. The minimum Gasteiger partial charge on any atom is -0.379 e. The first kappa shape index (κ1) is 29.7. The van der Waals surface area contributed by atoms with Crippen molar-refractivity contribution in [1.82, 2.24) is 5.32 Å². The molecule has 1 amide bonds. The number of thioether (sulfide) groups is 1. The number of ether oxygens (including phenoxy) is 4. The number of carbonyl (C=O) groups is 1. The van der Waals surface area contributed by atoms with Crippen LogP contribution in [0.25, 0.3) is 0 Å². The van der Waals surface area contributed by atoms with E-state index in [0.717, 1.165) is 13.0 Å². The molecule has 1 N–H and O–H groups in total. The number of nitrogens with one attached hydrogen (secondary N) is 1. The van der Waals surface area contributed by atoms with Crippen LogP contribution in [0.5, 0.6) is 0 Å². The van der Waals surface area contributed by atoms with Gasteiger partial charge in [0.2, 0.25) is 5.91 Å². The molecule has 0 aromatic heterocycles. The summed E-state index contributed by atoms with van der Waals surface area (Å²) in [5.41, 5.74) is 0.455. The fourth-order valence-electron chi connectivity index (χ4n) is 1.92. The molecule has 0 rings (SSSR count). The van der Waals surface area contributed by atoms with Gasteiger partial charge in [-0.3, -0.25) is 4.79 Å². The fourth-order valence-corrected chi connectivity index (χ4v) is 2.94. The van der Waals surface area contributed by atoms with Gasteiger partial charge in [-0.05, 0) is 17.3 Å². The number of carbonyl (C=O) groups excluding carboxylic acids is 1. The average Bonchev–Trinajstić information content (AvgIpc) is 2.61. The van der Waals surface area contributed by atoms with Gasteiger partial charge in [-0.25, -0.2) is 0 Å². The lowest BCUT2D eigenvalue weighted by atomic mass is 9.83. The van der Waals surface area contributed by atoms with Crippen molar-refractivity contribution >= 4 is 17.7 Å². The van der Waals surface area contributed by atoms with E-state index in [4.69, 9.17) is 18.9 Å². The average molecular weight is 450 g/mol. The summed E-state index contributed by atoms with van der Waals surface area (Å²) in [6.45, 7) is 22.7. The van der Waals surface area contributed by atoms with E-state index < -0.39 is 0 Å². The molecule has 0 aromatic rings. The fraction of sp³-hybridized carbons (Fsp3) is 0.957. The molecule has 30 heavy (non-hydrogen) atoms. The number of hydrogen-bond donors (Lipinski definition) is 1. The Labute approximate surface area is 189 Å². The van der Waals surface area contributed by atoms with Gasteiger partial charge in [0.25, 0.3) is 0 Å². The Kier molecular flexibility index (Phi) is 15.3. The van der Waals surface area contributed by atoms with Gasteiger partial charge in [0.1, 0.15) is 0 Å². The molecule has 6 nitrogen and oxygen atoms in total. The molecule has 0 aliphatic rings. The normalized spacial score (nSPS) is 12.9. The molecule has 0 heterocycles. The van der Waals surface area contributed by atoms with E-state index in [9.17, 15) is 4.79 Å². The van der Waals surface area contributed by atoms with Crippen molar-refractivity contribution in [3.05, 3.63) is 0 Å². The van der Waals surface area contributed by atoms with Crippen LogP contribution in [0.4, 0.5) is 0 Å². The molecule has 0 unspecified atom stereocenters. The van der Waals surface area contributed by atoms with Crippen LogP contribution in [0.3, 0.4) is 0 Å². The Hall–Kier alpha value is -0.340. The third-order valence-electron chi connectivity index (χ3n) is 5.05. The number of hydrogen-bond acceptors (Lipinski definition) is 6. The van der Waals surface area contributed by atoms with Crippen LogP contribution in [-0.2, 0) is 23.7 Å². The van der Waals surface area contributed by atoms with Crippen LogP contribution < -0.4 is 5.32 Å². The van der Waals surface area contributed by atoms with Crippen LogP contribution in [0, 0.1) is 10.8 Å². The summed E-state index contributed by atoms with van der Waals surface area (Å²) in [7, 11) is 0. The van der Waals surface area contributed by atoms with Gasteiger partial charge in [-0.15, -0.1) is 11.8 Å². The summed E-state index contributed by atoms with van der Waals surface area (Å²) in [6, 6.07) is 0. The van der Waals surface area contributed by atoms with Gasteiger partial charge in [0.05, 0.1) is 52.0 Å². The molecule has 0 aliphatic heterocycles. The van der Waals surface area contributed by atoms with E-state index in [-0.39, 0.29) is 16.1 Å². The molecular weight excluding hydrogens is 402 g/mol. The van der Waals surface area contributed by atoms with E-state index in [0.29, 0.717) is 64.0 Å². The monoisotopic (exact) mass is 449 g/mol. The first-order chi connectivity index (χ1) is 13.9. The second kappa shape index (κ2) is 15.5. The van der Waals surface area contributed by atoms with E-state index in [1.54, 1.807) is 11.8 Å². The lowest BCUT2D eigenvalue weighted by molar-refractivity contribution is -0.118. The smallest absolute Gasteiger partial charge is 0.230 e. The van der Waals surface area contributed by atoms with E-state index in [1.807, 2.05) is 0 Å². The molecule has 0 saturated carbocycles. The summed E-state index contributed by atoms with van der Waals surface area (Å²) in [6.07, 6.45) is 1.05. The lowest BCUT2D eigenvalue weighted by Crippen LogP contribution is -2.36. The molecular formula is C23H47NO5S. The molecule has 180 valence electrons. The van der Waals surface area contributed by atoms with E-state index >= 15 is 0 Å². The zero-order valence-corrected chi connectivity index (χ0v) is 21.5. The molecule has 0 radical (unpaired) electrons. The van der Waals surface area contributed by atoms with Crippen molar-refractivity contribution in [2.24, 2.45) is 10.8 Å². The number of rotatable bonds is 17. The van der Waals surface area contributed by atoms with Crippen LogP contribution in [0.2, 0.25) is 0 Å². The zero-order chi connectivity index (χ0) is 23.1. The highest BCUT2D eigenvalue weighted by Gasteiger charge is 2.33. The molecule has 0 aliphatic carbocycles.